The Bertz CT molecular complexity index is 2970. The minimum atomic E-state index is -2.09. The van der Waals surface area contributed by atoms with Crippen molar-refractivity contribution >= 4 is 11.9 Å². The lowest BCUT2D eigenvalue weighted by Gasteiger charge is -2.71. The molecule has 0 bridgehead atoms. The molecule has 12 rings (SSSR count). The van der Waals surface area contributed by atoms with E-state index in [9.17, 15) is 96.7 Å². The van der Waals surface area contributed by atoms with E-state index in [0.29, 0.717) is 44.9 Å². The highest BCUT2D eigenvalue weighted by Crippen LogP contribution is 2.76. The summed E-state index contributed by atoms with van der Waals surface area (Å²) in [5, 5.41) is 199. The number of hydrogen-bond acceptors (Lipinski definition) is 33. The van der Waals surface area contributed by atoms with Gasteiger partial charge in [0.25, 0.3) is 0 Å². The molecule has 102 heavy (non-hydrogen) atoms. The molecule has 34 nitrogen and oxygen atoms in total. The topological polar surface area (TPSA) is 528 Å². The van der Waals surface area contributed by atoms with Crippen LogP contribution in [0.1, 0.15) is 120 Å². The molecule has 0 radical (unpaired) electrons. The summed E-state index contributed by atoms with van der Waals surface area (Å²) in [5.41, 5.74) is -3.38. The maximum absolute atomic E-state index is 16.0. The summed E-state index contributed by atoms with van der Waals surface area (Å²) in [6.45, 7) is 15.7. The number of fused-ring (bicyclic) bond motifs is 7. The van der Waals surface area contributed by atoms with Gasteiger partial charge < -0.3 is 158 Å². The van der Waals surface area contributed by atoms with Crippen LogP contribution in [0.4, 0.5) is 0 Å². The number of ether oxygens (including phenoxy) is 14. The summed E-state index contributed by atoms with van der Waals surface area (Å²) >= 11 is 0. The molecule has 18 N–H and O–H groups in total. The number of rotatable bonds is 15. The number of hydrogen-bond donors (Lipinski definition) is 18. The molecule has 34 heteroatoms. The van der Waals surface area contributed by atoms with Crippen LogP contribution in [0.15, 0.2) is 11.6 Å². The first kappa shape index (κ1) is 79.0. The van der Waals surface area contributed by atoms with E-state index in [1.54, 1.807) is 0 Å². The number of carboxylic acid groups (broad SMARTS) is 1. The zero-order valence-corrected chi connectivity index (χ0v) is 58.6. The van der Waals surface area contributed by atoms with Gasteiger partial charge in [0, 0.05) is 0 Å². The number of aliphatic carboxylic acids is 1. The highest BCUT2D eigenvalue weighted by molar-refractivity contribution is 5.80. The zero-order chi connectivity index (χ0) is 74.3. The molecule has 7 saturated heterocycles. The summed E-state index contributed by atoms with van der Waals surface area (Å²) in [6.07, 6.45) is -49.3. The van der Waals surface area contributed by atoms with Gasteiger partial charge in [0.2, 0.25) is 6.29 Å². The molecular formula is C68H108O34. The highest BCUT2D eigenvalue weighted by Gasteiger charge is 2.73. The molecule has 584 valence electrons. The van der Waals surface area contributed by atoms with Crippen molar-refractivity contribution in [1.29, 1.82) is 0 Å². The molecule has 7 heterocycles. The number of aliphatic hydroxyl groups excluding tert-OH is 17. The Balaban J connectivity index is 0.786. The van der Waals surface area contributed by atoms with Crippen LogP contribution >= 0.6 is 0 Å². The van der Waals surface area contributed by atoms with Crippen LogP contribution in [0.5, 0.6) is 0 Å². The summed E-state index contributed by atoms with van der Waals surface area (Å²) in [5.74, 6) is -3.19. The van der Waals surface area contributed by atoms with Crippen LogP contribution in [0.25, 0.3) is 0 Å². The maximum atomic E-state index is 16.0. The Kier molecular flexibility index (Phi) is 22.8. The maximum Gasteiger partial charge on any atom is 0.335 e. The predicted molar refractivity (Wildman–Crippen MR) is 336 cm³/mol. The summed E-state index contributed by atoms with van der Waals surface area (Å²) in [4.78, 5) is 28.6. The number of allylic oxidation sites excluding steroid dienone is 2. The van der Waals surface area contributed by atoms with Gasteiger partial charge in [0.1, 0.15) is 127 Å². The summed E-state index contributed by atoms with van der Waals surface area (Å²) in [7, 11) is 0. The van der Waals surface area contributed by atoms with E-state index < -0.39 is 274 Å². The molecule has 4 saturated carbocycles. The molecule has 0 aromatic rings. The molecule has 0 aromatic heterocycles. The lowest BCUT2D eigenvalue weighted by molar-refractivity contribution is -0.387. The fraction of sp³-hybridized carbons (Fsp3) is 0.941. The first-order valence-electron chi connectivity index (χ1n) is 35.8. The highest BCUT2D eigenvalue weighted by atomic mass is 16.8. The summed E-state index contributed by atoms with van der Waals surface area (Å²) < 4.78 is 83.6. The number of carbonyl (C=O) groups excluding carboxylic acids is 1. The van der Waals surface area contributed by atoms with Crippen LogP contribution < -0.4 is 0 Å². The van der Waals surface area contributed by atoms with Gasteiger partial charge in [-0.3, -0.25) is 4.79 Å². The SMILES string of the molecule is CC1OC(OC2C(O)COC(OC(=O)C34CCC(C)(C)CC3C3=CCC5C6(C)CCC(OC7OC(C(=O)O)C(O)C(OC8OCC(O)C(O)C8O)C7O)C(C)(C)C6CCC5(C)C3(C)CC4O)C2OC2OC(C)C(OC3OCC(O)C(OC4OCC(O)C(O)C4O)C3O)C(O)C2O)C(O)C(O)C1O. The number of carboxylic acids is 1. The minimum Gasteiger partial charge on any atom is -0.479 e. The molecule has 0 amide bonds. The van der Waals surface area contributed by atoms with Crippen LogP contribution in [0.3, 0.4) is 0 Å². The van der Waals surface area contributed by atoms with Gasteiger partial charge >= 0.3 is 11.9 Å². The van der Waals surface area contributed by atoms with Gasteiger partial charge in [-0.05, 0) is 116 Å². The van der Waals surface area contributed by atoms with Gasteiger partial charge in [-0.1, -0.05) is 60.1 Å². The third kappa shape index (κ3) is 13.6. The molecule has 5 aliphatic carbocycles. The average Bonchev–Trinajstić information content (AvgIpc) is 0.671. The molecule has 40 atom stereocenters. The summed E-state index contributed by atoms with van der Waals surface area (Å²) in [6, 6.07) is 0. The van der Waals surface area contributed by atoms with Crippen LogP contribution in [-0.2, 0) is 75.9 Å². The Morgan fingerprint density at radius 1 is 0.441 bits per heavy atom. The van der Waals surface area contributed by atoms with E-state index in [4.69, 9.17) is 66.3 Å². The standard InChI is InChI=1S/C68H108O34/c1-24-36(74)39(77)43(81)58(93-24)98-50-31(72)23-92-61(53(50)101-59-44(82)40(78)48(25(2)94-59)96-57-46(84)49(30(71)22-91-57)97-55-41(79)37(75)28(69)20-89-55)102-62(88)68-17-16-63(3,4)18-27(68)26-10-11-33-65(7)14-13-35(64(5,6)32(65)12-15-66(33,8)67(26,9)19-34(68)73)95-60-47(85)51(45(83)52(100-60)54(86)87)99-56-42(80)38(76)29(70)21-90-56/h10,24-25,27-53,55-61,69-85H,11-23H2,1-9H3,(H,86,87). The predicted octanol–water partition coefficient (Wildman–Crippen LogP) is -4.89. The third-order valence-corrected chi connectivity index (χ3v) is 26.1. The van der Waals surface area contributed by atoms with Gasteiger partial charge in [-0.2, -0.15) is 0 Å². The monoisotopic (exact) mass is 1470 g/mol. The van der Waals surface area contributed by atoms with Crippen molar-refractivity contribution in [3.8, 4) is 0 Å². The lowest BCUT2D eigenvalue weighted by atomic mass is 9.33. The van der Waals surface area contributed by atoms with Gasteiger partial charge in [-0.25, -0.2) is 4.79 Å². The van der Waals surface area contributed by atoms with Crippen LogP contribution in [0, 0.1) is 50.2 Å². The van der Waals surface area contributed by atoms with Crippen LogP contribution in [0.2, 0.25) is 0 Å². The smallest absolute Gasteiger partial charge is 0.335 e. The molecule has 11 fully saturated rings. The van der Waals surface area contributed by atoms with Crippen LogP contribution in [-0.4, -0.2) is 333 Å². The molecular weight excluding hydrogens is 1360 g/mol. The Morgan fingerprint density at radius 2 is 0.941 bits per heavy atom. The van der Waals surface area contributed by atoms with Gasteiger partial charge in [-0.15, -0.1) is 0 Å². The Labute approximate surface area is 589 Å². The Hall–Kier alpha value is -2.52. The second-order valence-electron chi connectivity index (χ2n) is 33.0. The quantitative estimate of drug-likeness (QED) is 0.0415. The fourth-order valence-corrected chi connectivity index (χ4v) is 19.9. The molecule has 12 aliphatic rings. The fourth-order valence-electron chi connectivity index (χ4n) is 19.9. The first-order chi connectivity index (χ1) is 47.7. The van der Waals surface area contributed by atoms with Crippen molar-refractivity contribution in [3.63, 3.8) is 0 Å². The minimum absolute atomic E-state index is 0.0201. The second-order valence-corrected chi connectivity index (χ2v) is 33.0. The number of aliphatic hydroxyl groups is 17. The van der Waals surface area contributed by atoms with E-state index in [1.165, 1.54) is 13.8 Å². The second kappa shape index (κ2) is 29.4. The largest absolute Gasteiger partial charge is 0.479 e. The zero-order valence-electron chi connectivity index (χ0n) is 58.6. The van der Waals surface area contributed by atoms with E-state index >= 15 is 4.79 Å². The molecule has 0 aromatic carbocycles. The van der Waals surface area contributed by atoms with E-state index in [2.05, 4.69) is 54.5 Å². The molecule has 40 unspecified atom stereocenters. The van der Waals surface area contributed by atoms with Gasteiger partial charge in [0.05, 0.1) is 50.8 Å². The van der Waals surface area contributed by atoms with Crippen molar-refractivity contribution in [2.24, 2.45) is 50.2 Å². The van der Waals surface area contributed by atoms with E-state index in [1.807, 2.05) is 0 Å². The molecule has 7 aliphatic heterocycles. The van der Waals surface area contributed by atoms with Gasteiger partial charge in [0.15, 0.2) is 49.9 Å². The molecule has 0 spiro atoms. The van der Waals surface area contributed by atoms with Crippen molar-refractivity contribution in [2.45, 2.75) is 323 Å². The van der Waals surface area contributed by atoms with E-state index in [0.717, 1.165) is 5.57 Å². The van der Waals surface area contributed by atoms with E-state index in [-0.39, 0.29) is 30.1 Å². The van der Waals surface area contributed by atoms with Crippen molar-refractivity contribution < 1.29 is 168 Å². The third-order valence-electron chi connectivity index (χ3n) is 26.1. The normalized spacial score (nSPS) is 54.7. The van der Waals surface area contributed by atoms with Crippen molar-refractivity contribution in [3.05, 3.63) is 11.6 Å². The number of carbonyl (C=O) groups is 2. The first-order valence-corrected chi connectivity index (χ1v) is 35.8. The Morgan fingerprint density at radius 3 is 1.56 bits per heavy atom. The van der Waals surface area contributed by atoms with Crippen molar-refractivity contribution in [1.82, 2.24) is 0 Å². The average molecular weight is 1470 g/mol. The van der Waals surface area contributed by atoms with Crippen molar-refractivity contribution in [2.75, 3.05) is 26.4 Å². The number of esters is 1. The lowest BCUT2D eigenvalue weighted by Crippen LogP contribution is -2.69.